The maximum absolute atomic E-state index is 11.7. The van der Waals surface area contributed by atoms with Crippen LogP contribution in [0.1, 0.15) is 55.3 Å². The Balaban J connectivity index is 2.02. The van der Waals surface area contributed by atoms with Crippen molar-refractivity contribution in [2.75, 3.05) is 0 Å². The van der Waals surface area contributed by atoms with Crippen LogP contribution in [0.3, 0.4) is 0 Å². The number of hydrogen-bond acceptors (Lipinski definition) is 4. The lowest BCUT2D eigenvalue weighted by Gasteiger charge is -2.02. The third kappa shape index (κ3) is 6.67. The lowest BCUT2D eigenvalue weighted by atomic mass is 10.0. The van der Waals surface area contributed by atoms with Crippen LogP contribution in [0.25, 0.3) is 0 Å². The number of pyridine rings is 1. The monoisotopic (exact) mass is 264 g/mol. The third-order valence-corrected chi connectivity index (χ3v) is 2.92. The minimum atomic E-state index is -0.341. The molecule has 0 aliphatic carbocycles. The molecule has 0 aromatic carbocycles. The van der Waals surface area contributed by atoms with E-state index in [1.54, 1.807) is 30.0 Å². The first-order chi connectivity index (χ1) is 9.24. The first kappa shape index (κ1) is 15.3. The Labute approximate surface area is 113 Å². The van der Waals surface area contributed by atoms with Crippen molar-refractivity contribution in [3.05, 3.63) is 30.1 Å². The molecule has 0 spiro atoms. The number of Topliss-reactive ketones (excluding diaryl/α,β-unsaturated/α-hetero) is 1. The van der Waals surface area contributed by atoms with Gasteiger partial charge in [-0.1, -0.05) is 19.3 Å². The van der Waals surface area contributed by atoms with Gasteiger partial charge in [0, 0.05) is 30.8 Å². The van der Waals surface area contributed by atoms with Crippen LogP contribution in [0.2, 0.25) is 0 Å². The minimum Gasteiger partial charge on any atom is -0.294 e. The molecule has 0 fully saturated rings. The smallest absolute Gasteiger partial charge is 0.243 e. The molecular weight excluding hydrogens is 244 g/mol. The first-order valence-corrected chi connectivity index (χ1v) is 6.60. The van der Waals surface area contributed by atoms with Gasteiger partial charge in [-0.15, -0.1) is 0 Å². The van der Waals surface area contributed by atoms with Crippen molar-refractivity contribution in [2.24, 2.45) is 0 Å². The van der Waals surface area contributed by atoms with Gasteiger partial charge in [0.05, 0.1) is 0 Å². The van der Waals surface area contributed by atoms with E-state index in [4.69, 9.17) is 5.21 Å². The standard InChI is InChI=1S/C14H20N2O3/c17-13(12-7-6-10-15-11-12)8-4-2-1-3-5-9-14(18)16-19/h6-7,10-11,19H,1-5,8-9H2,(H,16,18). The fourth-order valence-corrected chi connectivity index (χ4v) is 1.83. The Kier molecular flexibility index (Phi) is 7.43. The zero-order chi connectivity index (χ0) is 13.9. The molecule has 1 amide bonds. The first-order valence-electron chi connectivity index (χ1n) is 6.60. The van der Waals surface area contributed by atoms with Gasteiger partial charge in [0.2, 0.25) is 5.91 Å². The Morgan fingerprint density at radius 3 is 2.42 bits per heavy atom. The van der Waals surface area contributed by atoms with Crippen molar-refractivity contribution in [3.8, 4) is 0 Å². The molecule has 5 nitrogen and oxygen atoms in total. The molecule has 0 aliphatic rings. The average Bonchev–Trinajstić information content (AvgIpc) is 2.46. The van der Waals surface area contributed by atoms with Gasteiger partial charge >= 0.3 is 0 Å². The van der Waals surface area contributed by atoms with Gasteiger partial charge in [-0.2, -0.15) is 0 Å². The fourth-order valence-electron chi connectivity index (χ4n) is 1.83. The molecular formula is C14H20N2O3. The fraction of sp³-hybridized carbons (Fsp3) is 0.500. The summed E-state index contributed by atoms with van der Waals surface area (Å²) in [6, 6.07) is 3.54. The van der Waals surface area contributed by atoms with Crippen molar-refractivity contribution in [1.29, 1.82) is 0 Å². The van der Waals surface area contributed by atoms with E-state index in [-0.39, 0.29) is 11.7 Å². The minimum absolute atomic E-state index is 0.132. The number of carbonyl (C=O) groups excluding carboxylic acids is 2. The van der Waals surface area contributed by atoms with Gasteiger partial charge in [-0.25, -0.2) is 5.48 Å². The molecule has 0 aliphatic heterocycles. The number of hydroxylamine groups is 1. The number of aromatic nitrogens is 1. The highest BCUT2D eigenvalue weighted by Crippen LogP contribution is 2.10. The Morgan fingerprint density at radius 1 is 1.11 bits per heavy atom. The van der Waals surface area contributed by atoms with Gasteiger partial charge < -0.3 is 0 Å². The maximum Gasteiger partial charge on any atom is 0.243 e. The zero-order valence-electron chi connectivity index (χ0n) is 11.0. The predicted molar refractivity (Wildman–Crippen MR) is 70.8 cm³/mol. The molecule has 2 N–H and O–H groups in total. The lowest BCUT2D eigenvalue weighted by Crippen LogP contribution is -2.17. The van der Waals surface area contributed by atoms with Crippen LogP contribution in [-0.4, -0.2) is 21.9 Å². The molecule has 0 atom stereocenters. The number of carbonyl (C=O) groups is 2. The van der Waals surface area contributed by atoms with E-state index < -0.39 is 0 Å². The van der Waals surface area contributed by atoms with Gasteiger partial charge in [-0.3, -0.25) is 19.8 Å². The van der Waals surface area contributed by atoms with Crippen LogP contribution in [0, 0.1) is 0 Å². The summed E-state index contributed by atoms with van der Waals surface area (Å²) in [6.07, 6.45) is 8.69. The molecule has 1 aromatic heterocycles. The van der Waals surface area contributed by atoms with Crippen molar-refractivity contribution in [2.45, 2.75) is 44.9 Å². The maximum atomic E-state index is 11.7. The number of ketones is 1. The molecule has 0 unspecified atom stereocenters. The summed E-state index contributed by atoms with van der Waals surface area (Å²) in [5.41, 5.74) is 2.28. The quantitative estimate of drug-likeness (QED) is 0.311. The summed E-state index contributed by atoms with van der Waals surface area (Å²) in [5.74, 6) is -0.209. The van der Waals surface area contributed by atoms with Crippen LogP contribution < -0.4 is 5.48 Å². The molecule has 104 valence electrons. The Morgan fingerprint density at radius 2 is 1.79 bits per heavy atom. The third-order valence-electron chi connectivity index (χ3n) is 2.92. The van der Waals surface area contributed by atoms with Crippen molar-refractivity contribution in [3.63, 3.8) is 0 Å². The molecule has 1 rings (SSSR count). The van der Waals surface area contributed by atoms with Crippen LogP contribution >= 0.6 is 0 Å². The number of amides is 1. The summed E-state index contributed by atoms with van der Waals surface area (Å²) < 4.78 is 0. The van der Waals surface area contributed by atoms with Crippen molar-refractivity contribution < 1.29 is 14.8 Å². The molecule has 0 saturated heterocycles. The highest BCUT2D eigenvalue weighted by Gasteiger charge is 2.04. The average molecular weight is 264 g/mol. The van der Waals surface area contributed by atoms with E-state index in [9.17, 15) is 9.59 Å². The van der Waals surface area contributed by atoms with Crippen LogP contribution in [0.4, 0.5) is 0 Å². The molecule has 0 saturated carbocycles. The predicted octanol–water partition coefficient (Wildman–Crippen LogP) is 2.50. The molecule has 0 radical (unpaired) electrons. The molecule has 19 heavy (non-hydrogen) atoms. The van der Waals surface area contributed by atoms with E-state index in [0.29, 0.717) is 18.4 Å². The van der Waals surface area contributed by atoms with Crippen LogP contribution in [-0.2, 0) is 4.79 Å². The van der Waals surface area contributed by atoms with E-state index in [2.05, 4.69) is 4.98 Å². The largest absolute Gasteiger partial charge is 0.294 e. The van der Waals surface area contributed by atoms with Crippen LogP contribution in [0.15, 0.2) is 24.5 Å². The van der Waals surface area contributed by atoms with E-state index in [1.165, 1.54) is 0 Å². The number of rotatable bonds is 9. The lowest BCUT2D eigenvalue weighted by molar-refractivity contribution is -0.129. The molecule has 5 heteroatoms. The van der Waals surface area contributed by atoms with Gasteiger partial charge in [-0.05, 0) is 25.0 Å². The van der Waals surface area contributed by atoms with E-state index in [0.717, 1.165) is 32.1 Å². The highest BCUT2D eigenvalue weighted by atomic mass is 16.5. The second-order valence-electron chi connectivity index (χ2n) is 4.47. The number of unbranched alkanes of at least 4 members (excludes halogenated alkanes) is 4. The normalized spacial score (nSPS) is 10.2. The van der Waals surface area contributed by atoms with Gasteiger partial charge in [0.1, 0.15) is 0 Å². The summed E-state index contributed by atoms with van der Waals surface area (Å²) in [4.78, 5) is 26.4. The van der Waals surface area contributed by atoms with E-state index >= 15 is 0 Å². The molecule has 1 heterocycles. The molecule has 0 bridgehead atoms. The SMILES string of the molecule is O=C(CCCCCCCC(=O)c1cccnc1)NO. The number of hydrogen-bond donors (Lipinski definition) is 2. The van der Waals surface area contributed by atoms with Crippen molar-refractivity contribution in [1.82, 2.24) is 10.5 Å². The Hall–Kier alpha value is -1.75. The van der Waals surface area contributed by atoms with Crippen molar-refractivity contribution >= 4 is 11.7 Å². The second-order valence-corrected chi connectivity index (χ2v) is 4.47. The zero-order valence-corrected chi connectivity index (χ0v) is 11.0. The van der Waals surface area contributed by atoms with Crippen LogP contribution in [0.5, 0.6) is 0 Å². The number of nitrogens with zero attached hydrogens (tertiary/aromatic N) is 1. The van der Waals surface area contributed by atoms with Gasteiger partial charge in [0.25, 0.3) is 0 Å². The summed E-state index contributed by atoms with van der Waals surface area (Å²) in [6.45, 7) is 0. The van der Waals surface area contributed by atoms with E-state index in [1.807, 2.05) is 0 Å². The van der Waals surface area contributed by atoms with Gasteiger partial charge in [0.15, 0.2) is 5.78 Å². The highest BCUT2D eigenvalue weighted by molar-refractivity contribution is 5.95. The summed E-state index contributed by atoms with van der Waals surface area (Å²) in [5, 5.41) is 8.30. The number of nitrogens with one attached hydrogen (secondary N) is 1. The second kappa shape index (κ2) is 9.22. The summed E-state index contributed by atoms with van der Waals surface area (Å²) >= 11 is 0. The topological polar surface area (TPSA) is 79.3 Å². The molecule has 1 aromatic rings. The Bertz CT molecular complexity index is 393. The summed E-state index contributed by atoms with van der Waals surface area (Å²) in [7, 11) is 0.